The van der Waals surface area contributed by atoms with Gasteiger partial charge in [-0.05, 0) is 29.3 Å². The second-order valence-electron chi connectivity index (χ2n) is 4.80. The highest BCUT2D eigenvalue weighted by atomic mass is 35.6. The molecule has 0 heterocycles. The summed E-state index contributed by atoms with van der Waals surface area (Å²) in [4.78, 5) is 11.4. The first-order valence-corrected chi connectivity index (χ1v) is 7.15. The van der Waals surface area contributed by atoms with E-state index in [-0.39, 0.29) is 12.2 Å². The number of rotatable bonds is 3. The lowest BCUT2D eigenvalue weighted by Crippen LogP contribution is -2.41. The van der Waals surface area contributed by atoms with Gasteiger partial charge in [-0.3, -0.25) is 4.79 Å². The molecule has 1 atom stereocenters. The molecule has 1 N–H and O–H groups in total. The van der Waals surface area contributed by atoms with Crippen LogP contribution in [0.25, 0.3) is 10.8 Å². The van der Waals surface area contributed by atoms with Gasteiger partial charge in [0.15, 0.2) is 0 Å². The SMILES string of the molecule is CC(=O)C[C@](O)(c1ccc2ccccc2c1)C(Cl)(Cl)Cl. The van der Waals surface area contributed by atoms with Crippen molar-refractivity contribution in [3.8, 4) is 0 Å². The molecule has 5 heteroatoms. The molecule has 0 bridgehead atoms. The van der Waals surface area contributed by atoms with Crippen molar-refractivity contribution in [1.82, 2.24) is 0 Å². The quantitative estimate of drug-likeness (QED) is 0.848. The van der Waals surface area contributed by atoms with Gasteiger partial charge in [-0.2, -0.15) is 0 Å². The van der Waals surface area contributed by atoms with Gasteiger partial charge in [0.25, 0.3) is 0 Å². The van der Waals surface area contributed by atoms with Crippen LogP contribution in [0.4, 0.5) is 0 Å². The summed E-state index contributed by atoms with van der Waals surface area (Å²) in [5.74, 6) is -0.257. The zero-order valence-corrected chi connectivity index (χ0v) is 13.0. The number of Topliss-reactive ketones (excluding diaryl/α,β-unsaturated/α-hetero) is 1. The van der Waals surface area contributed by atoms with Gasteiger partial charge in [0, 0.05) is 6.42 Å². The maximum absolute atomic E-state index is 11.4. The molecule has 0 aliphatic heterocycles. The second-order valence-corrected chi connectivity index (χ2v) is 7.08. The van der Waals surface area contributed by atoms with Crippen molar-refractivity contribution in [3.63, 3.8) is 0 Å². The van der Waals surface area contributed by atoms with Crippen molar-refractivity contribution in [2.24, 2.45) is 0 Å². The van der Waals surface area contributed by atoms with Crippen molar-refractivity contribution < 1.29 is 9.90 Å². The first-order chi connectivity index (χ1) is 9.24. The van der Waals surface area contributed by atoms with E-state index in [1.807, 2.05) is 30.3 Å². The third kappa shape index (κ3) is 2.94. The lowest BCUT2D eigenvalue weighted by Gasteiger charge is -2.34. The zero-order chi connectivity index (χ0) is 15.0. The highest BCUT2D eigenvalue weighted by molar-refractivity contribution is 6.68. The van der Waals surface area contributed by atoms with Gasteiger partial charge in [0.05, 0.1) is 0 Å². The Morgan fingerprint density at radius 3 is 2.25 bits per heavy atom. The van der Waals surface area contributed by atoms with Crippen LogP contribution in [0.5, 0.6) is 0 Å². The topological polar surface area (TPSA) is 37.3 Å². The van der Waals surface area contributed by atoms with E-state index >= 15 is 0 Å². The summed E-state index contributed by atoms with van der Waals surface area (Å²) in [6.45, 7) is 1.35. The molecule has 2 aromatic rings. The number of ketones is 1. The van der Waals surface area contributed by atoms with E-state index in [1.54, 1.807) is 12.1 Å². The van der Waals surface area contributed by atoms with E-state index in [0.29, 0.717) is 5.56 Å². The Kier molecular flexibility index (Phi) is 4.31. The number of halogens is 3. The Labute approximate surface area is 132 Å². The van der Waals surface area contributed by atoms with Gasteiger partial charge in [0.1, 0.15) is 11.4 Å². The van der Waals surface area contributed by atoms with E-state index in [0.717, 1.165) is 10.8 Å². The zero-order valence-electron chi connectivity index (χ0n) is 10.7. The maximum Gasteiger partial charge on any atom is 0.223 e. The van der Waals surface area contributed by atoms with E-state index in [4.69, 9.17) is 34.8 Å². The van der Waals surface area contributed by atoms with E-state index in [2.05, 4.69) is 0 Å². The van der Waals surface area contributed by atoms with Crippen molar-refractivity contribution in [2.45, 2.75) is 22.7 Å². The minimum absolute atomic E-state index is 0.257. The van der Waals surface area contributed by atoms with Crippen molar-refractivity contribution in [2.75, 3.05) is 0 Å². The third-order valence-electron chi connectivity index (χ3n) is 3.20. The Hall–Kier alpha value is -0.800. The Balaban J connectivity index is 2.59. The fourth-order valence-electron chi connectivity index (χ4n) is 2.17. The van der Waals surface area contributed by atoms with E-state index in [1.165, 1.54) is 6.92 Å². The monoisotopic (exact) mass is 330 g/mol. The summed E-state index contributed by atoms with van der Waals surface area (Å²) in [5, 5.41) is 12.6. The van der Waals surface area contributed by atoms with Crippen molar-refractivity contribution >= 4 is 51.4 Å². The van der Waals surface area contributed by atoms with Crippen LogP contribution >= 0.6 is 34.8 Å². The summed E-state index contributed by atoms with van der Waals surface area (Å²) in [6, 6.07) is 12.9. The van der Waals surface area contributed by atoms with Gasteiger partial charge in [0.2, 0.25) is 3.79 Å². The number of fused-ring (bicyclic) bond motifs is 1. The minimum atomic E-state index is -2.00. The average molecular weight is 332 g/mol. The number of benzene rings is 2. The second kappa shape index (κ2) is 5.53. The molecular weight excluding hydrogens is 319 g/mol. The molecule has 0 amide bonds. The molecule has 0 fully saturated rings. The molecule has 0 saturated carbocycles. The largest absolute Gasteiger partial charge is 0.380 e. The number of hydrogen-bond donors (Lipinski definition) is 1. The lowest BCUT2D eigenvalue weighted by molar-refractivity contribution is -0.122. The molecule has 20 heavy (non-hydrogen) atoms. The molecule has 0 aromatic heterocycles. The molecule has 106 valence electrons. The molecule has 0 saturated heterocycles. The van der Waals surface area contributed by atoms with Gasteiger partial charge < -0.3 is 5.11 Å². The summed E-state index contributed by atoms with van der Waals surface area (Å²) in [6.07, 6.45) is -0.262. The van der Waals surface area contributed by atoms with Crippen LogP contribution in [-0.4, -0.2) is 14.7 Å². The molecule has 0 unspecified atom stereocenters. The van der Waals surface area contributed by atoms with Crippen molar-refractivity contribution in [3.05, 3.63) is 48.0 Å². The van der Waals surface area contributed by atoms with E-state index in [9.17, 15) is 9.90 Å². The summed E-state index contributed by atoms with van der Waals surface area (Å²) < 4.78 is -2.00. The van der Waals surface area contributed by atoms with Crippen LogP contribution in [0.2, 0.25) is 0 Å². The first kappa shape index (κ1) is 15.6. The minimum Gasteiger partial charge on any atom is -0.380 e. The van der Waals surface area contributed by atoms with E-state index < -0.39 is 9.39 Å². The molecular formula is C15H13Cl3O2. The summed E-state index contributed by atoms with van der Waals surface area (Å²) >= 11 is 17.7. The van der Waals surface area contributed by atoms with Crippen LogP contribution in [0.1, 0.15) is 18.9 Å². The Bertz CT molecular complexity index is 649. The fraction of sp³-hybridized carbons (Fsp3) is 0.267. The van der Waals surface area contributed by atoms with Crippen LogP contribution < -0.4 is 0 Å². The normalized spacial score (nSPS) is 15.1. The Morgan fingerprint density at radius 1 is 1.10 bits per heavy atom. The standard InChI is InChI=1S/C15H13Cl3O2/c1-10(19)9-14(20,15(16,17)18)13-7-6-11-4-2-3-5-12(11)8-13/h2-8,20H,9H2,1H3/t14-/m0/s1. The number of carbonyl (C=O) groups is 1. The third-order valence-corrected chi connectivity index (χ3v) is 4.14. The summed E-state index contributed by atoms with van der Waals surface area (Å²) in [7, 11) is 0. The summed E-state index contributed by atoms with van der Waals surface area (Å²) in [5.41, 5.74) is -1.44. The fourth-order valence-corrected chi connectivity index (χ4v) is 2.70. The van der Waals surface area contributed by atoms with Crippen LogP contribution in [0.3, 0.4) is 0 Å². The van der Waals surface area contributed by atoms with Crippen LogP contribution in [-0.2, 0) is 10.4 Å². The molecule has 2 rings (SSSR count). The molecule has 0 spiro atoms. The van der Waals surface area contributed by atoms with Crippen LogP contribution in [0.15, 0.2) is 42.5 Å². The predicted molar refractivity (Wildman–Crippen MR) is 83.4 cm³/mol. The van der Waals surface area contributed by atoms with Gasteiger partial charge in [-0.15, -0.1) is 0 Å². The number of carbonyl (C=O) groups excluding carboxylic acids is 1. The number of alkyl halides is 3. The maximum atomic E-state index is 11.4. The van der Waals surface area contributed by atoms with Gasteiger partial charge in [-0.25, -0.2) is 0 Å². The molecule has 2 aromatic carbocycles. The van der Waals surface area contributed by atoms with Gasteiger partial charge in [-0.1, -0.05) is 71.2 Å². The predicted octanol–water partition coefficient (Wildman–Crippen LogP) is 4.38. The molecule has 0 aliphatic carbocycles. The Morgan fingerprint density at radius 2 is 1.70 bits per heavy atom. The first-order valence-electron chi connectivity index (χ1n) is 6.02. The highest BCUT2D eigenvalue weighted by Crippen LogP contribution is 2.47. The molecule has 0 aliphatic rings. The highest BCUT2D eigenvalue weighted by Gasteiger charge is 2.49. The van der Waals surface area contributed by atoms with Crippen LogP contribution in [0, 0.1) is 0 Å². The number of aliphatic hydroxyl groups is 1. The molecule has 0 radical (unpaired) electrons. The lowest BCUT2D eigenvalue weighted by atomic mass is 9.89. The number of hydrogen-bond acceptors (Lipinski definition) is 2. The van der Waals surface area contributed by atoms with Crippen molar-refractivity contribution in [1.29, 1.82) is 0 Å². The molecule has 2 nitrogen and oxygen atoms in total. The van der Waals surface area contributed by atoms with Gasteiger partial charge >= 0.3 is 0 Å². The average Bonchev–Trinajstić information content (AvgIpc) is 2.36. The smallest absolute Gasteiger partial charge is 0.223 e.